The van der Waals surface area contributed by atoms with Gasteiger partial charge in [-0.3, -0.25) is 4.79 Å². The number of hydrogen-bond acceptors (Lipinski definition) is 4. The molecule has 1 aliphatic rings. The number of nitrogens with zero attached hydrogens (tertiary/aromatic N) is 1. The molecule has 0 atom stereocenters. The highest BCUT2D eigenvalue weighted by molar-refractivity contribution is 5.95. The van der Waals surface area contributed by atoms with Crippen LogP contribution in [0.4, 0.5) is 10.2 Å². The largest absolute Gasteiger partial charge is 0.352 e. The lowest BCUT2D eigenvalue weighted by atomic mass is 10.0. The lowest BCUT2D eigenvalue weighted by Crippen LogP contribution is -2.26. The molecule has 0 aromatic carbocycles. The van der Waals surface area contributed by atoms with Crippen molar-refractivity contribution in [3.05, 3.63) is 23.6 Å². The minimum absolute atomic E-state index is 0.0335. The predicted molar refractivity (Wildman–Crippen MR) is 75.5 cm³/mol. The summed E-state index contributed by atoms with van der Waals surface area (Å²) in [5.74, 6) is 4.67. The molecule has 6 heteroatoms. The Balaban J connectivity index is 1.79. The number of anilines is 1. The molecule has 20 heavy (non-hydrogen) atoms. The van der Waals surface area contributed by atoms with E-state index in [2.05, 4.69) is 15.7 Å². The maximum atomic E-state index is 13.8. The number of hydrazine groups is 1. The second-order valence-corrected chi connectivity index (χ2v) is 5.21. The molecule has 0 saturated heterocycles. The highest BCUT2D eigenvalue weighted by Crippen LogP contribution is 2.28. The second kappa shape index (κ2) is 7.19. The molecule has 0 unspecified atom stereocenters. The van der Waals surface area contributed by atoms with Crippen LogP contribution >= 0.6 is 0 Å². The van der Waals surface area contributed by atoms with Gasteiger partial charge in [0.25, 0.3) is 5.91 Å². The Labute approximate surface area is 118 Å². The van der Waals surface area contributed by atoms with Crippen LogP contribution in [0.2, 0.25) is 0 Å². The standard InChI is InChI=1S/C14H21FN4O/c15-12-11(7-9-17-13(12)19-16)14(20)18-8-3-6-10-4-1-2-5-10/h7,9-10H,1-6,8,16H2,(H,17,19)(H,18,20). The van der Waals surface area contributed by atoms with Gasteiger partial charge in [-0.15, -0.1) is 0 Å². The van der Waals surface area contributed by atoms with Gasteiger partial charge in [0, 0.05) is 12.7 Å². The molecular formula is C14H21FN4O. The predicted octanol–water partition coefficient (Wildman–Crippen LogP) is 2.21. The van der Waals surface area contributed by atoms with Gasteiger partial charge in [0.1, 0.15) is 0 Å². The molecule has 4 N–H and O–H groups in total. The lowest BCUT2D eigenvalue weighted by Gasteiger charge is -2.10. The molecule has 1 aromatic heterocycles. The van der Waals surface area contributed by atoms with E-state index in [1.54, 1.807) is 0 Å². The summed E-state index contributed by atoms with van der Waals surface area (Å²) in [6, 6.07) is 1.35. The van der Waals surface area contributed by atoms with Crippen molar-refractivity contribution in [2.75, 3.05) is 12.0 Å². The quantitative estimate of drug-likeness (QED) is 0.424. The SMILES string of the molecule is NNc1nccc(C(=O)NCCCC2CCCC2)c1F. The zero-order chi connectivity index (χ0) is 14.4. The van der Waals surface area contributed by atoms with E-state index in [9.17, 15) is 9.18 Å². The van der Waals surface area contributed by atoms with E-state index in [4.69, 9.17) is 5.84 Å². The summed E-state index contributed by atoms with van der Waals surface area (Å²) in [5.41, 5.74) is 2.10. The Hall–Kier alpha value is -1.69. The lowest BCUT2D eigenvalue weighted by molar-refractivity contribution is 0.0948. The number of pyridine rings is 1. The highest BCUT2D eigenvalue weighted by Gasteiger charge is 2.16. The molecule has 1 saturated carbocycles. The van der Waals surface area contributed by atoms with Crippen LogP contribution in [0.3, 0.4) is 0 Å². The Morgan fingerprint density at radius 1 is 1.45 bits per heavy atom. The number of aromatic nitrogens is 1. The number of carbonyl (C=O) groups is 1. The fraction of sp³-hybridized carbons (Fsp3) is 0.571. The Kier molecular flexibility index (Phi) is 5.29. The van der Waals surface area contributed by atoms with Gasteiger partial charge in [0.2, 0.25) is 0 Å². The van der Waals surface area contributed by atoms with Crippen LogP contribution in [0.25, 0.3) is 0 Å². The van der Waals surface area contributed by atoms with Crippen LogP contribution in [-0.2, 0) is 0 Å². The number of hydrogen-bond donors (Lipinski definition) is 3. The first-order valence-corrected chi connectivity index (χ1v) is 7.11. The third kappa shape index (κ3) is 3.66. The molecule has 2 rings (SSSR count). The first-order chi connectivity index (χ1) is 9.72. The van der Waals surface area contributed by atoms with Crippen LogP contribution in [-0.4, -0.2) is 17.4 Å². The molecule has 1 fully saturated rings. The molecule has 1 amide bonds. The first-order valence-electron chi connectivity index (χ1n) is 7.11. The van der Waals surface area contributed by atoms with E-state index in [1.165, 1.54) is 37.9 Å². The maximum Gasteiger partial charge on any atom is 0.254 e. The zero-order valence-corrected chi connectivity index (χ0v) is 11.5. The van der Waals surface area contributed by atoms with E-state index in [-0.39, 0.29) is 11.4 Å². The van der Waals surface area contributed by atoms with E-state index >= 15 is 0 Å². The fourth-order valence-electron chi connectivity index (χ4n) is 2.71. The Bertz CT molecular complexity index is 460. The topological polar surface area (TPSA) is 80.0 Å². The van der Waals surface area contributed by atoms with Gasteiger partial charge < -0.3 is 10.7 Å². The third-order valence-electron chi connectivity index (χ3n) is 3.82. The van der Waals surface area contributed by atoms with Crippen molar-refractivity contribution in [2.45, 2.75) is 38.5 Å². The summed E-state index contributed by atoms with van der Waals surface area (Å²) >= 11 is 0. The zero-order valence-electron chi connectivity index (χ0n) is 11.5. The molecule has 1 aliphatic carbocycles. The molecule has 0 aliphatic heterocycles. The number of halogens is 1. The van der Waals surface area contributed by atoms with Crippen molar-refractivity contribution in [1.82, 2.24) is 10.3 Å². The number of nitrogens with one attached hydrogen (secondary N) is 2. The van der Waals surface area contributed by atoms with Gasteiger partial charge in [0.15, 0.2) is 11.6 Å². The fourth-order valence-corrected chi connectivity index (χ4v) is 2.71. The molecule has 1 heterocycles. The average molecular weight is 280 g/mol. The number of carbonyl (C=O) groups excluding carboxylic acids is 1. The number of rotatable bonds is 6. The van der Waals surface area contributed by atoms with Crippen molar-refractivity contribution in [3.63, 3.8) is 0 Å². The smallest absolute Gasteiger partial charge is 0.254 e. The summed E-state index contributed by atoms with van der Waals surface area (Å²) in [6.07, 6.45) is 8.69. The molecule has 5 nitrogen and oxygen atoms in total. The van der Waals surface area contributed by atoms with Gasteiger partial charge in [-0.25, -0.2) is 15.2 Å². The molecule has 0 radical (unpaired) electrons. The van der Waals surface area contributed by atoms with Crippen LogP contribution in [0.5, 0.6) is 0 Å². The minimum Gasteiger partial charge on any atom is -0.352 e. The van der Waals surface area contributed by atoms with Crippen molar-refractivity contribution in [1.29, 1.82) is 0 Å². The molecule has 110 valence electrons. The third-order valence-corrected chi connectivity index (χ3v) is 3.82. The number of nitrogens with two attached hydrogens (primary N) is 1. The first kappa shape index (κ1) is 14.7. The average Bonchev–Trinajstić information content (AvgIpc) is 2.97. The van der Waals surface area contributed by atoms with E-state index in [0.29, 0.717) is 6.54 Å². The van der Waals surface area contributed by atoms with Crippen LogP contribution < -0.4 is 16.6 Å². The summed E-state index contributed by atoms with van der Waals surface area (Å²) in [4.78, 5) is 15.6. The van der Waals surface area contributed by atoms with Gasteiger partial charge >= 0.3 is 0 Å². The number of amides is 1. The van der Waals surface area contributed by atoms with Crippen molar-refractivity contribution in [2.24, 2.45) is 11.8 Å². The van der Waals surface area contributed by atoms with Crippen molar-refractivity contribution >= 4 is 11.7 Å². The summed E-state index contributed by atoms with van der Waals surface area (Å²) in [5, 5.41) is 2.74. The summed E-state index contributed by atoms with van der Waals surface area (Å²) in [7, 11) is 0. The van der Waals surface area contributed by atoms with Crippen molar-refractivity contribution in [3.8, 4) is 0 Å². The van der Waals surface area contributed by atoms with E-state index in [1.807, 2.05) is 0 Å². The minimum atomic E-state index is -0.719. The molecule has 1 aromatic rings. The summed E-state index contributed by atoms with van der Waals surface area (Å²) in [6.45, 7) is 0.572. The van der Waals surface area contributed by atoms with E-state index in [0.717, 1.165) is 18.8 Å². The molecular weight excluding hydrogens is 259 g/mol. The normalized spacial score (nSPS) is 15.3. The summed E-state index contributed by atoms with van der Waals surface area (Å²) < 4.78 is 13.8. The van der Waals surface area contributed by atoms with Gasteiger partial charge in [-0.2, -0.15) is 0 Å². The molecule has 0 spiro atoms. The molecule has 0 bridgehead atoms. The second-order valence-electron chi connectivity index (χ2n) is 5.21. The Morgan fingerprint density at radius 3 is 2.90 bits per heavy atom. The van der Waals surface area contributed by atoms with Gasteiger partial charge in [-0.1, -0.05) is 25.7 Å². The van der Waals surface area contributed by atoms with Gasteiger partial charge in [-0.05, 0) is 24.8 Å². The van der Waals surface area contributed by atoms with Gasteiger partial charge in [0.05, 0.1) is 5.56 Å². The highest BCUT2D eigenvalue weighted by atomic mass is 19.1. The monoisotopic (exact) mass is 280 g/mol. The van der Waals surface area contributed by atoms with E-state index < -0.39 is 11.7 Å². The maximum absolute atomic E-state index is 13.8. The van der Waals surface area contributed by atoms with Crippen LogP contribution in [0, 0.1) is 11.7 Å². The van der Waals surface area contributed by atoms with Crippen LogP contribution in [0.1, 0.15) is 48.9 Å². The van der Waals surface area contributed by atoms with Crippen molar-refractivity contribution < 1.29 is 9.18 Å². The Morgan fingerprint density at radius 2 is 2.20 bits per heavy atom. The number of nitrogen functional groups attached to an aromatic ring is 1. The van der Waals surface area contributed by atoms with Crippen LogP contribution in [0.15, 0.2) is 12.3 Å².